The summed E-state index contributed by atoms with van der Waals surface area (Å²) in [4.78, 5) is 30.9. The topological polar surface area (TPSA) is 85.5 Å². The highest BCUT2D eigenvalue weighted by Crippen LogP contribution is 2.29. The van der Waals surface area contributed by atoms with E-state index in [1.54, 1.807) is 29.2 Å². The lowest BCUT2D eigenvalue weighted by Crippen LogP contribution is -2.29. The standard InChI is InChI=1S/C22H20ClN3O4/c1-14(15-5-3-2-4-6-15)26-12-17(11-20(26)27)22(28)29-13-19-24-21(25-30-19)16-7-9-18(23)10-8-16/h2-10,14,17H,11-13H2,1H3/t14-,17-/m0/s1. The van der Waals surface area contributed by atoms with Gasteiger partial charge in [-0.15, -0.1) is 0 Å². The van der Waals surface area contributed by atoms with Crippen molar-refractivity contribution in [3.8, 4) is 11.4 Å². The van der Waals surface area contributed by atoms with E-state index in [0.717, 1.165) is 11.1 Å². The zero-order chi connectivity index (χ0) is 21.1. The van der Waals surface area contributed by atoms with E-state index in [9.17, 15) is 9.59 Å². The Bertz CT molecular complexity index is 1040. The van der Waals surface area contributed by atoms with Crippen LogP contribution in [0, 0.1) is 5.92 Å². The van der Waals surface area contributed by atoms with Gasteiger partial charge in [-0.3, -0.25) is 9.59 Å². The van der Waals surface area contributed by atoms with E-state index >= 15 is 0 Å². The van der Waals surface area contributed by atoms with Gasteiger partial charge in [0.1, 0.15) is 0 Å². The van der Waals surface area contributed by atoms with Crippen molar-refractivity contribution < 1.29 is 18.8 Å². The first kappa shape index (κ1) is 20.1. The maximum atomic E-state index is 12.5. The van der Waals surface area contributed by atoms with Crippen molar-refractivity contribution in [1.29, 1.82) is 0 Å². The van der Waals surface area contributed by atoms with Crippen LogP contribution in [0.5, 0.6) is 0 Å². The molecule has 0 spiro atoms. The summed E-state index contributed by atoms with van der Waals surface area (Å²) < 4.78 is 10.5. The van der Waals surface area contributed by atoms with Gasteiger partial charge in [0.15, 0.2) is 6.61 Å². The van der Waals surface area contributed by atoms with Crippen LogP contribution in [0.15, 0.2) is 59.1 Å². The predicted octanol–water partition coefficient (Wildman–Crippen LogP) is 4.04. The molecule has 3 aromatic rings. The molecule has 7 nitrogen and oxygen atoms in total. The van der Waals surface area contributed by atoms with Crippen molar-refractivity contribution in [3.05, 3.63) is 71.1 Å². The van der Waals surface area contributed by atoms with E-state index in [2.05, 4.69) is 10.1 Å². The normalized spacial score (nSPS) is 17.2. The fourth-order valence-corrected chi connectivity index (χ4v) is 3.58. The number of nitrogens with zero attached hydrogens (tertiary/aromatic N) is 3. The third kappa shape index (κ3) is 4.36. The van der Waals surface area contributed by atoms with Gasteiger partial charge in [0.05, 0.1) is 12.0 Å². The largest absolute Gasteiger partial charge is 0.455 e. The number of carbonyl (C=O) groups is 2. The molecule has 1 aliphatic rings. The molecule has 154 valence electrons. The molecule has 1 amide bonds. The first-order valence-corrected chi connectivity index (χ1v) is 9.98. The molecule has 0 radical (unpaired) electrons. The van der Waals surface area contributed by atoms with E-state index in [0.29, 0.717) is 17.4 Å². The Balaban J connectivity index is 1.34. The summed E-state index contributed by atoms with van der Waals surface area (Å²) in [6, 6.07) is 16.6. The van der Waals surface area contributed by atoms with Gasteiger partial charge in [-0.2, -0.15) is 4.98 Å². The van der Waals surface area contributed by atoms with E-state index in [-0.39, 0.29) is 30.9 Å². The maximum absolute atomic E-state index is 12.5. The van der Waals surface area contributed by atoms with Crippen molar-refractivity contribution in [2.24, 2.45) is 5.92 Å². The number of hydrogen-bond acceptors (Lipinski definition) is 6. The molecule has 0 N–H and O–H groups in total. The Kier molecular flexibility index (Phi) is 5.81. The van der Waals surface area contributed by atoms with E-state index in [1.165, 1.54) is 0 Å². The second-order valence-electron chi connectivity index (χ2n) is 7.16. The van der Waals surface area contributed by atoms with Crippen molar-refractivity contribution >= 4 is 23.5 Å². The molecule has 0 bridgehead atoms. The molecule has 2 atom stereocenters. The Hall–Kier alpha value is -3.19. The Morgan fingerprint density at radius 1 is 1.23 bits per heavy atom. The zero-order valence-electron chi connectivity index (χ0n) is 16.3. The average molecular weight is 426 g/mol. The minimum absolute atomic E-state index is 0.0592. The van der Waals surface area contributed by atoms with Gasteiger partial charge >= 0.3 is 5.97 Å². The molecule has 30 heavy (non-hydrogen) atoms. The number of amides is 1. The number of rotatable bonds is 6. The SMILES string of the molecule is C[C@@H](c1ccccc1)N1C[C@@H](C(=O)OCc2nc(-c3ccc(Cl)cc3)no2)CC1=O. The zero-order valence-corrected chi connectivity index (χ0v) is 17.1. The lowest BCUT2D eigenvalue weighted by Gasteiger charge is -2.25. The molecule has 8 heteroatoms. The summed E-state index contributed by atoms with van der Waals surface area (Å²) in [5.74, 6) is -0.445. The number of likely N-dealkylation sites (tertiary alicyclic amines) is 1. The molecular formula is C22H20ClN3O4. The van der Waals surface area contributed by atoms with Gasteiger partial charge in [-0.05, 0) is 36.8 Å². The summed E-state index contributed by atoms with van der Waals surface area (Å²) in [6.45, 7) is 2.14. The van der Waals surface area contributed by atoms with Crippen LogP contribution < -0.4 is 0 Å². The van der Waals surface area contributed by atoms with Crippen LogP contribution in [0.4, 0.5) is 0 Å². The summed E-state index contributed by atoms with van der Waals surface area (Å²) in [5.41, 5.74) is 1.77. The molecule has 1 aliphatic heterocycles. The third-order valence-electron chi connectivity index (χ3n) is 5.15. The number of esters is 1. The Morgan fingerprint density at radius 2 is 1.97 bits per heavy atom. The number of halogens is 1. The Labute approximate surface area is 178 Å². The van der Waals surface area contributed by atoms with Gasteiger partial charge in [-0.1, -0.05) is 47.1 Å². The number of carbonyl (C=O) groups excluding carboxylic acids is 2. The second kappa shape index (κ2) is 8.67. The molecule has 1 aromatic heterocycles. The monoisotopic (exact) mass is 425 g/mol. The highest BCUT2D eigenvalue weighted by atomic mass is 35.5. The summed E-state index contributed by atoms with van der Waals surface area (Å²) >= 11 is 5.88. The van der Waals surface area contributed by atoms with Crippen molar-refractivity contribution in [3.63, 3.8) is 0 Å². The molecule has 0 aliphatic carbocycles. The van der Waals surface area contributed by atoms with Crippen molar-refractivity contribution in [2.75, 3.05) is 6.54 Å². The molecule has 4 rings (SSSR count). The highest BCUT2D eigenvalue weighted by molar-refractivity contribution is 6.30. The van der Waals surface area contributed by atoms with Crippen LogP contribution in [0.1, 0.15) is 30.8 Å². The molecule has 0 saturated carbocycles. The fourth-order valence-electron chi connectivity index (χ4n) is 3.46. The van der Waals surface area contributed by atoms with Crippen LogP contribution in [-0.2, 0) is 20.9 Å². The minimum atomic E-state index is -0.512. The molecular weight excluding hydrogens is 406 g/mol. The summed E-state index contributed by atoms with van der Waals surface area (Å²) in [7, 11) is 0. The van der Waals surface area contributed by atoms with Crippen molar-refractivity contribution in [2.45, 2.75) is 26.0 Å². The first-order valence-electron chi connectivity index (χ1n) is 9.61. The van der Waals surface area contributed by atoms with Gasteiger partial charge in [0.2, 0.25) is 11.7 Å². The van der Waals surface area contributed by atoms with E-state index in [1.807, 2.05) is 37.3 Å². The van der Waals surface area contributed by atoms with Crippen LogP contribution in [0.2, 0.25) is 5.02 Å². The smallest absolute Gasteiger partial charge is 0.311 e. The van der Waals surface area contributed by atoms with E-state index in [4.69, 9.17) is 20.9 Å². The minimum Gasteiger partial charge on any atom is -0.455 e. The summed E-state index contributed by atoms with van der Waals surface area (Å²) in [5, 5.41) is 4.50. The number of ether oxygens (including phenoxy) is 1. The summed E-state index contributed by atoms with van der Waals surface area (Å²) in [6.07, 6.45) is 0.135. The molecule has 1 saturated heterocycles. The molecule has 0 unspecified atom stereocenters. The van der Waals surface area contributed by atoms with Gasteiger partial charge in [-0.25, -0.2) is 0 Å². The number of aromatic nitrogens is 2. The first-order chi connectivity index (χ1) is 14.5. The van der Waals surface area contributed by atoms with Crippen LogP contribution >= 0.6 is 11.6 Å². The number of hydrogen-bond donors (Lipinski definition) is 0. The lowest BCUT2D eigenvalue weighted by atomic mass is 10.1. The van der Waals surface area contributed by atoms with Gasteiger partial charge in [0.25, 0.3) is 5.89 Å². The van der Waals surface area contributed by atoms with Crippen LogP contribution in [0.3, 0.4) is 0 Å². The maximum Gasteiger partial charge on any atom is 0.311 e. The quantitative estimate of drug-likeness (QED) is 0.554. The molecule has 1 fully saturated rings. The van der Waals surface area contributed by atoms with E-state index < -0.39 is 11.9 Å². The van der Waals surface area contributed by atoms with Gasteiger partial charge < -0.3 is 14.2 Å². The van der Waals surface area contributed by atoms with Crippen LogP contribution in [0.25, 0.3) is 11.4 Å². The lowest BCUT2D eigenvalue weighted by molar-refractivity contribution is -0.150. The van der Waals surface area contributed by atoms with Crippen LogP contribution in [-0.4, -0.2) is 33.5 Å². The molecule has 2 heterocycles. The molecule has 2 aromatic carbocycles. The van der Waals surface area contributed by atoms with Crippen molar-refractivity contribution in [1.82, 2.24) is 15.0 Å². The second-order valence-corrected chi connectivity index (χ2v) is 7.60. The average Bonchev–Trinajstić information content (AvgIpc) is 3.39. The highest BCUT2D eigenvalue weighted by Gasteiger charge is 2.38. The third-order valence-corrected chi connectivity index (χ3v) is 5.40. The number of benzene rings is 2. The predicted molar refractivity (Wildman–Crippen MR) is 109 cm³/mol. The Morgan fingerprint density at radius 3 is 2.70 bits per heavy atom. The van der Waals surface area contributed by atoms with Gasteiger partial charge in [0, 0.05) is 23.6 Å². The fraction of sp³-hybridized carbons (Fsp3) is 0.273.